The summed E-state index contributed by atoms with van der Waals surface area (Å²) in [6.07, 6.45) is 5.65. The van der Waals surface area contributed by atoms with Gasteiger partial charge >= 0.3 is 0 Å². The van der Waals surface area contributed by atoms with Gasteiger partial charge in [-0.3, -0.25) is 4.98 Å². The van der Waals surface area contributed by atoms with E-state index in [1.165, 1.54) is 5.56 Å². The summed E-state index contributed by atoms with van der Waals surface area (Å²) >= 11 is 0. The predicted molar refractivity (Wildman–Crippen MR) is 87.8 cm³/mol. The van der Waals surface area contributed by atoms with Crippen LogP contribution in [0.2, 0.25) is 0 Å². The van der Waals surface area contributed by atoms with Crippen molar-refractivity contribution in [1.82, 2.24) is 20.3 Å². The van der Waals surface area contributed by atoms with Gasteiger partial charge in [0.25, 0.3) is 0 Å². The lowest BCUT2D eigenvalue weighted by Gasteiger charge is -2.13. The van der Waals surface area contributed by atoms with Gasteiger partial charge in [0, 0.05) is 37.0 Å². The Hall–Kier alpha value is -2.21. The number of nitrogen functional groups attached to an aromatic ring is 1. The van der Waals surface area contributed by atoms with Crippen LogP contribution in [0.5, 0.6) is 0 Å². The second kappa shape index (κ2) is 7.17. The molecule has 0 unspecified atom stereocenters. The highest BCUT2D eigenvalue weighted by Crippen LogP contribution is 2.20. The van der Waals surface area contributed by atoms with Gasteiger partial charge in [-0.05, 0) is 37.9 Å². The lowest BCUT2D eigenvalue weighted by Crippen LogP contribution is -2.16. The molecule has 0 saturated heterocycles. The summed E-state index contributed by atoms with van der Waals surface area (Å²) in [4.78, 5) is 13.1. The highest BCUT2D eigenvalue weighted by molar-refractivity contribution is 5.50. The van der Waals surface area contributed by atoms with Gasteiger partial charge in [-0.15, -0.1) is 0 Å². The van der Waals surface area contributed by atoms with Crippen LogP contribution in [0, 0.1) is 0 Å². The van der Waals surface area contributed by atoms with E-state index in [4.69, 9.17) is 5.73 Å². The Bertz CT molecular complexity index is 614. The highest BCUT2D eigenvalue weighted by Gasteiger charge is 2.15. The maximum atomic E-state index is 5.84. The molecule has 0 radical (unpaired) electrons. The van der Waals surface area contributed by atoms with Crippen LogP contribution in [0.4, 0.5) is 11.8 Å². The van der Waals surface area contributed by atoms with Crippen molar-refractivity contribution in [3.8, 4) is 0 Å². The minimum Gasteiger partial charge on any atom is -0.370 e. The summed E-state index contributed by atoms with van der Waals surface area (Å²) in [5, 5.41) is 6.81. The average Bonchev–Trinajstić information content (AvgIpc) is 2.77. The highest BCUT2D eigenvalue weighted by atomic mass is 15.1. The third-order valence-corrected chi connectivity index (χ3v) is 3.83. The minimum atomic E-state index is 0.355. The maximum Gasteiger partial charge on any atom is 0.222 e. The number of nitrogens with one attached hydrogen (secondary N) is 2. The molecule has 0 atom stereocenters. The van der Waals surface area contributed by atoms with Crippen molar-refractivity contribution in [2.24, 2.45) is 0 Å². The number of aryl methyl sites for hydroxylation is 1. The first-order valence-electron chi connectivity index (χ1n) is 7.82. The van der Waals surface area contributed by atoms with Crippen LogP contribution in [0.1, 0.15) is 23.4 Å². The summed E-state index contributed by atoms with van der Waals surface area (Å²) in [7, 11) is 0. The van der Waals surface area contributed by atoms with Crippen molar-refractivity contribution in [3.05, 3.63) is 41.3 Å². The van der Waals surface area contributed by atoms with Crippen LogP contribution in [-0.2, 0) is 19.3 Å². The number of pyridine rings is 1. The quantitative estimate of drug-likeness (QED) is 0.719. The molecule has 6 heteroatoms. The zero-order valence-electron chi connectivity index (χ0n) is 12.7. The molecule has 2 aromatic rings. The minimum absolute atomic E-state index is 0.355. The van der Waals surface area contributed by atoms with E-state index in [-0.39, 0.29) is 0 Å². The number of rotatable bonds is 5. The molecule has 22 heavy (non-hydrogen) atoms. The summed E-state index contributed by atoms with van der Waals surface area (Å²) < 4.78 is 0. The number of nitrogens with two attached hydrogens (primary N) is 1. The molecule has 4 N–H and O–H groups in total. The molecule has 0 saturated carbocycles. The molecule has 0 spiro atoms. The van der Waals surface area contributed by atoms with Crippen molar-refractivity contribution in [3.63, 3.8) is 0 Å². The third kappa shape index (κ3) is 3.71. The maximum absolute atomic E-state index is 5.84. The third-order valence-electron chi connectivity index (χ3n) is 3.83. The van der Waals surface area contributed by atoms with Gasteiger partial charge < -0.3 is 16.4 Å². The molecule has 0 aliphatic carbocycles. The second-order valence-corrected chi connectivity index (χ2v) is 5.46. The topological polar surface area (TPSA) is 88.8 Å². The zero-order valence-corrected chi connectivity index (χ0v) is 12.7. The Kier molecular flexibility index (Phi) is 4.80. The first kappa shape index (κ1) is 14.7. The second-order valence-electron chi connectivity index (χ2n) is 5.46. The zero-order chi connectivity index (χ0) is 15.2. The summed E-state index contributed by atoms with van der Waals surface area (Å²) in [5.41, 5.74) is 9.24. The van der Waals surface area contributed by atoms with Crippen LogP contribution in [0.15, 0.2) is 24.4 Å². The fraction of sp³-hybridized carbons (Fsp3) is 0.438. The summed E-state index contributed by atoms with van der Waals surface area (Å²) in [5.74, 6) is 1.25. The fourth-order valence-corrected chi connectivity index (χ4v) is 2.73. The van der Waals surface area contributed by atoms with E-state index in [9.17, 15) is 0 Å². The van der Waals surface area contributed by atoms with Crippen LogP contribution >= 0.6 is 0 Å². The van der Waals surface area contributed by atoms with E-state index in [1.807, 2.05) is 18.3 Å². The van der Waals surface area contributed by atoms with E-state index in [0.717, 1.165) is 62.5 Å². The predicted octanol–water partition coefficient (Wildman–Crippen LogP) is 1.19. The number of aromatic nitrogens is 3. The molecule has 6 nitrogen and oxygen atoms in total. The van der Waals surface area contributed by atoms with Crippen LogP contribution in [-0.4, -0.2) is 34.6 Å². The van der Waals surface area contributed by atoms with Gasteiger partial charge in [-0.1, -0.05) is 6.07 Å². The summed E-state index contributed by atoms with van der Waals surface area (Å²) in [6.45, 7) is 2.76. The number of nitrogens with zero attached hydrogens (tertiary/aromatic N) is 3. The van der Waals surface area contributed by atoms with E-state index < -0.39 is 0 Å². The molecule has 0 amide bonds. The van der Waals surface area contributed by atoms with Crippen LogP contribution < -0.4 is 16.4 Å². The van der Waals surface area contributed by atoms with Crippen molar-refractivity contribution in [2.45, 2.75) is 25.7 Å². The number of hydrogen-bond acceptors (Lipinski definition) is 6. The average molecular weight is 298 g/mol. The van der Waals surface area contributed by atoms with Crippen LogP contribution in [0.3, 0.4) is 0 Å². The Morgan fingerprint density at radius 1 is 1.18 bits per heavy atom. The molecular weight excluding hydrogens is 276 g/mol. The Balaban J connectivity index is 1.61. The summed E-state index contributed by atoms with van der Waals surface area (Å²) in [6, 6.07) is 6.02. The molecule has 116 valence electrons. The normalized spacial score (nSPS) is 14.2. The van der Waals surface area contributed by atoms with Crippen molar-refractivity contribution in [2.75, 3.05) is 30.7 Å². The van der Waals surface area contributed by atoms with Gasteiger partial charge in [-0.25, -0.2) is 4.98 Å². The fourth-order valence-electron chi connectivity index (χ4n) is 2.73. The number of fused-ring (bicyclic) bond motifs is 1. The monoisotopic (exact) mass is 298 g/mol. The molecule has 0 bridgehead atoms. The van der Waals surface area contributed by atoms with Gasteiger partial charge in [-0.2, -0.15) is 4.98 Å². The molecule has 3 rings (SSSR count). The molecular formula is C16H22N6. The Labute approximate surface area is 130 Å². The Morgan fingerprint density at radius 3 is 2.95 bits per heavy atom. The smallest absolute Gasteiger partial charge is 0.222 e. The largest absolute Gasteiger partial charge is 0.370 e. The van der Waals surface area contributed by atoms with Gasteiger partial charge in [0.2, 0.25) is 5.95 Å². The van der Waals surface area contributed by atoms with Crippen molar-refractivity contribution < 1.29 is 0 Å². The SMILES string of the molecule is Nc1nc2c(c(NCCCc3ccccn3)n1)CCNCC2. The van der Waals surface area contributed by atoms with Gasteiger partial charge in [0.15, 0.2) is 0 Å². The molecule has 3 heterocycles. The van der Waals surface area contributed by atoms with Crippen molar-refractivity contribution in [1.29, 1.82) is 0 Å². The lowest BCUT2D eigenvalue weighted by molar-refractivity contribution is 0.708. The first-order valence-corrected chi connectivity index (χ1v) is 7.82. The van der Waals surface area contributed by atoms with E-state index in [0.29, 0.717) is 5.95 Å². The molecule has 1 aliphatic heterocycles. The lowest BCUT2D eigenvalue weighted by atomic mass is 10.1. The molecule has 0 fully saturated rings. The number of anilines is 2. The molecule has 1 aliphatic rings. The standard InChI is InChI=1S/C16H22N6/c17-16-21-14-7-11-18-10-6-13(14)15(22-16)20-9-3-5-12-4-1-2-8-19-12/h1-2,4,8,18H,3,5-7,9-11H2,(H3,17,20,21,22). The van der Waals surface area contributed by atoms with Crippen LogP contribution in [0.25, 0.3) is 0 Å². The van der Waals surface area contributed by atoms with Gasteiger partial charge in [0.1, 0.15) is 5.82 Å². The Morgan fingerprint density at radius 2 is 2.09 bits per heavy atom. The number of hydrogen-bond donors (Lipinski definition) is 3. The van der Waals surface area contributed by atoms with E-state index in [2.05, 4.69) is 31.7 Å². The molecule has 0 aromatic carbocycles. The van der Waals surface area contributed by atoms with Gasteiger partial charge in [0.05, 0.1) is 5.69 Å². The van der Waals surface area contributed by atoms with E-state index in [1.54, 1.807) is 0 Å². The molecule has 2 aromatic heterocycles. The van der Waals surface area contributed by atoms with Crippen molar-refractivity contribution >= 4 is 11.8 Å². The van der Waals surface area contributed by atoms with E-state index >= 15 is 0 Å². The first-order chi connectivity index (χ1) is 10.8.